The number of benzene rings is 1. The van der Waals surface area contributed by atoms with Crippen LogP contribution in [0, 0.1) is 5.92 Å². The molecule has 1 saturated heterocycles. The van der Waals surface area contributed by atoms with Gasteiger partial charge in [0.05, 0.1) is 10.0 Å². The van der Waals surface area contributed by atoms with Crippen LogP contribution in [-0.4, -0.2) is 47.4 Å². The summed E-state index contributed by atoms with van der Waals surface area (Å²) >= 11 is 11.9. The van der Waals surface area contributed by atoms with Crippen molar-refractivity contribution in [2.24, 2.45) is 5.92 Å². The number of carbonyl (C=O) groups excluding carboxylic acids is 3. The Bertz CT molecular complexity index is 776. The van der Waals surface area contributed by atoms with E-state index >= 15 is 0 Å². The SMILES string of the molecule is CCCCCN1CC(C(=O)OC(C)(C)C)C(NC(=O)c2ccc(Cl)c(Cl)c2)C1=O. The van der Waals surface area contributed by atoms with Gasteiger partial charge in [0, 0.05) is 18.7 Å². The number of nitrogens with zero attached hydrogens (tertiary/aromatic N) is 1. The van der Waals surface area contributed by atoms with E-state index in [0.717, 1.165) is 19.3 Å². The second-order valence-corrected chi connectivity index (χ2v) is 9.03. The monoisotopic (exact) mass is 442 g/mol. The lowest BCUT2D eigenvalue weighted by molar-refractivity contribution is -0.160. The third-order valence-electron chi connectivity index (χ3n) is 4.61. The second-order valence-electron chi connectivity index (χ2n) is 8.21. The first-order valence-electron chi connectivity index (χ1n) is 9.81. The van der Waals surface area contributed by atoms with Gasteiger partial charge in [-0.15, -0.1) is 0 Å². The minimum Gasteiger partial charge on any atom is -0.460 e. The van der Waals surface area contributed by atoms with Crippen molar-refractivity contribution in [2.75, 3.05) is 13.1 Å². The smallest absolute Gasteiger partial charge is 0.313 e. The molecule has 2 atom stereocenters. The number of halogens is 2. The van der Waals surface area contributed by atoms with Crippen molar-refractivity contribution in [1.29, 1.82) is 0 Å². The summed E-state index contributed by atoms with van der Waals surface area (Å²) in [6.45, 7) is 8.16. The minimum atomic E-state index is -0.978. The number of esters is 1. The minimum absolute atomic E-state index is 0.226. The van der Waals surface area contributed by atoms with E-state index in [9.17, 15) is 14.4 Å². The van der Waals surface area contributed by atoms with Crippen molar-refractivity contribution in [3.8, 4) is 0 Å². The molecule has 2 amide bonds. The molecular formula is C21H28Cl2N2O4. The third-order valence-corrected chi connectivity index (χ3v) is 5.35. The molecule has 0 aromatic heterocycles. The fraction of sp³-hybridized carbons (Fsp3) is 0.571. The molecule has 0 bridgehead atoms. The zero-order valence-corrected chi connectivity index (χ0v) is 18.8. The van der Waals surface area contributed by atoms with Gasteiger partial charge in [0.2, 0.25) is 5.91 Å². The maximum atomic E-state index is 12.9. The van der Waals surface area contributed by atoms with Crippen molar-refractivity contribution < 1.29 is 19.1 Å². The van der Waals surface area contributed by atoms with Gasteiger partial charge in [-0.05, 0) is 45.4 Å². The molecule has 2 rings (SSSR count). The number of ether oxygens (including phenoxy) is 1. The van der Waals surface area contributed by atoms with Gasteiger partial charge < -0.3 is 15.0 Å². The lowest BCUT2D eigenvalue weighted by Crippen LogP contribution is -2.47. The van der Waals surface area contributed by atoms with Crippen LogP contribution < -0.4 is 5.32 Å². The fourth-order valence-corrected chi connectivity index (χ4v) is 3.47. The zero-order chi connectivity index (χ0) is 21.8. The van der Waals surface area contributed by atoms with E-state index in [1.54, 1.807) is 25.7 Å². The third kappa shape index (κ3) is 6.34. The number of hydrogen-bond donors (Lipinski definition) is 1. The van der Waals surface area contributed by atoms with Crippen LogP contribution in [0.5, 0.6) is 0 Å². The van der Waals surface area contributed by atoms with E-state index in [1.807, 2.05) is 0 Å². The van der Waals surface area contributed by atoms with Crippen molar-refractivity contribution in [3.05, 3.63) is 33.8 Å². The average molecular weight is 443 g/mol. The van der Waals surface area contributed by atoms with Crippen molar-refractivity contribution in [2.45, 2.75) is 58.6 Å². The molecule has 0 radical (unpaired) electrons. The quantitative estimate of drug-likeness (QED) is 0.509. The molecule has 1 N–H and O–H groups in total. The van der Waals surface area contributed by atoms with Crippen LogP contribution in [-0.2, 0) is 14.3 Å². The number of unbranched alkanes of at least 4 members (excludes halogenated alkanes) is 2. The number of nitrogens with one attached hydrogen (secondary N) is 1. The van der Waals surface area contributed by atoms with Gasteiger partial charge in [-0.25, -0.2) is 0 Å². The van der Waals surface area contributed by atoms with Crippen LogP contribution >= 0.6 is 23.2 Å². The highest BCUT2D eigenvalue weighted by atomic mass is 35.5. The molecule has 0 aliphatic carbocycles. The summed E-state index contributed by atoms with van der Waals surface area (Å²) in [6.07, 6.45) is 2.85. The molecule has 1 aromatic rings. The highest BCUT2D eigenvalue weighted by molar-refractivity contribution is 6.42. The highest BCUT2D eigenvalue weighted by Gasteiger charge is 2.46. The molecule has 1 aliphatic heterocycles. The molecule has 1 fully saturated rings. The van der Waals surface area contributed by atoms with Crippen LogP contribution in [0.3, 0.4) is 0 Å². The van der Waals surface area contributed by atoms with E-state index in [-0.39, 0.29) is 23.0 Å². The first-order valence-corrected chi connectivity index (χ1v) is 10.6. The molecule has 1 heterocycles. The molecule has 0 saturated carbocycles. The highest BCUT2D eigenvalue weighted by Crippen LogP contribution is 2.25. The fourth-order valence-electron chi connectivity index (χ4n) is 3.17. The Balaban J connectivity index is 2.20. The Morgan fingerprint density at radius 2 is 1.90 bits per heavy atom. The summed E-state index contributed by atoms with van der Waals surface area (Å²) in [5.41, 5.74) is -0.423. The van der Waals surface area contributed by atoms with E-state index < -0.39 is 29.4 Å². The molecule has 8 heteroatoms. The van der Waals surface area contributed by atoms with Crippen molar-refractivity contribution >= 4 is 41.0 Å². The number of hydrogen-bond acceptors (Lipinski definition) is 4. The van der Waals surface area contributed by atoms with Crippen molar-refractivity contribution in [1.82, 2.24) is 10.2 Å². The molecule has 6 nitrogen and oxygen atoms in total. The molecule has 0 spiro atoms. The maximum Gasteiger partial charge on any atom is 0.313 e. The average Bonchev–Trinajstić information content (AvgIpc) is 2.92. The zero-order valence-electron chi connectivity index (χ0n) is 17.3. The number of likely N-dealkylation sites (tertiary alicyclic amines) is 1. The van der Waals surface area contributed by atoms with Crippen LogP contribution in [0.4, 0.5) is 0 Å². The summed E-state index contributed by atoms with van der Waals surface area (Å²) in [6, 6.07) is 3.48. The van der Waals surface area contributed by atoms with E-state index in [1.165, 1.54) is 18.2 Å². The first kappa shape index (κ1) is 23.5. The molecule has 160 valence electrons. The van der Waals surface area contributed by atoms with Gasteiger partial charge in [-0.3, -0.25) is 14.4 Å². The Morgan fingerprint density at radius 1 is 1.21 bits per heavy atom. The number of rotatable bonds is 7. The molecule has 1 aliphatic rings. The Morgan fingerprint density at radius 3 is 2.48 bits per heavy atom. The molecule has 29 heavy (non-hydrogen) atoms. The van der Waals surface area contributed by atoms with Gasteiger partial charge in [0.1, 0.15) is 17.6 Å². The second kappa shape index (κ2) is 9.81. The van der Waals surface area contributed by atoms with E-state index in [4.69, 9.17) is 27.9 Å². The predicted octanol–water partition coefficient (Wildman–Crippen LogP) is 4.08. The summed E-state index contributed by atoms with van der Waals surface area (Å²) in [7, 11) is 0. The summed E-state index contributed by atoms with van der Waals surface area (Å²) in [5, 5.41) is 3.26. The lowest BCUT2D eigenvalue weighted by atomic mass is 10.0. The first-order chi connectivity index (χ1) is 13.5. The summed E-state index contributed by atoms with van der Waals surface area (Å²) in [5.74, 6) is -2.03. The van der Waals surface area contributed by atoms with E-state index in [0.29, 0.717) is 11.6 Å². The Kier molecular flexibility index (Phi) is 7.94. The standard InChI is InChI=1S/C21H28Cl2N2O4/c1-5-6-7-10-25-12-14(20(28)29-21(2,3)4)17(19(25)27)24-18(26)13-8-9-15(22)16(23)11-13/h8-9,11,14,17H,5-7,10,12H2,1-4H3,(H,24,26). The lowest BCUT2D eigenvalue weighted by Gasteiger charge is -2.24. The van der Waals surface area contributed by atoms with Crippen LogP contribution in [0.1, 0.15) is 57.3 Å². The van der Waals surface area contributed by atoms with Gasteiger partial charge >= 0.3 is 5.97 Å². The topological polar surface area (TPSA) is 75.7 Å². The normalized spacial score (nSPS) is 19.4. The van der Waals surface area contributed by atoms with E-state index in [2.05, 4.69) is 12.2 Å². The largest absolute Gasteiger partial charge is 0.460 e. The summed E-state index contributed by atoms with van der Waals surface area (Å²) in [4.78, 5) is 40.0. The molecular weight excluding hydrogens is 415 g/mol. The number of amides is 2. The maximum absolute atomic E-state index is 12.9. The van der Waals surface area contributed by atoms with Crippen LogP contribution in [0.15, 0.2) is 18.2 Å². The number of carbonyl (C=O) groups is 3. The Hall–Kier alpha value is -1.79. The predicted molar refractivity (Wildman–Crippen MR) is 113 cm³/mol. The van der Waals surface area contributed by atoms with Gasteiger partial charge in [-0.2, -0.15) is 0 Å². The van der Waals surface area contributed by atoms with Crippen LogP contribution in [0.2, 0.25) is 10.0 Å². The molecule has 2 unspecified atom stereocenters. The summed E-state index contributed by atoms with van der Waals surface area (Å²) < 4.78 is 5.49. The van der Waals surface area contributed by atoms with Gasteiger partial charge in [0.15, 0.2) is 0 Å². The Labute approximate surface area is 181 Å². The van der Waals surface area contributed by atoms with Crippen LogP contribution in [0.25, 0.3) is 0 Å². The van der Waals surface area contributed by atoms with Gasteiger partial charge in [0.25, 0.3) is 5.91 Å². The van der Waals surface area contributed by atoms with Crippen molar-refractivity contribution in [3.63, 3.8) is 0 Å². The van der Waals surface area contributed by atoms with Gasteiger partial charge in [-0.1, -0.05) is 43.0 Å². The molecule has 1 aromatic carbocycles.